The van der Waals surface area contributed by atoms with Gasteiger partial charge in [0, 0.05) is 43.5 Å². The second-order valence-corrected chi connectivity index (χ2v) is 10.3. The molecule has 0 spiro atoms. The predicted molar refractivity (Wildman–Crippen MR) is 134 cm³/mol. The van der Waals surface area contributed by atoms with Crippen LogP contribution in [0.2, 0.25) is 5.28 Å². The Bertz CT molecular complexity index is 1300. The number of aryl methyl sites for hydroxylation is 1. The van der Waals surface area contributed by atoms with Gasteiger partial charge >= 0.3 is 12.3 Å². The van der Waals surface area contributed by atoms with E-state index in [1.165, 1.54) is 6.20 Å². The number of carbonyl (C=O) groups is 1. The Morgan fingerprint density at radius 2 is 1.87 bits per heavy atom. The van der Waals surface area contributed by atoms with Gasteiger partial charge in [-0.15, -0.1) is 0 Å². The fraction of sp³-hybridized carbons (Fsp3) is 0.520. The summed E-state index contributed by atoms with van der Waals surface area (Å²) >= 11 is 6.02. The maximum atomic E-state index is 13.9. The summed E-state index contributed by atoms with van der Waals surface area (Å²) < 4.78 is 59.9. The third-order valence-corrected chi connectivity index (χ3v) is 6.07. The molecule has 1 aliphatic rings. The van der Waals surface area contributed by atoms with E-state index in [1.807, 2.05) is 0 Å². The fourth-order valence-electron chi connectivity index (χ4n) is 4.11. The zero-order valence-corrected chi connectivity index (χ0v) is 22.3. The molecule has 1 amide bonds. The van der Waals surface area contributed by atoms with Gasteiger partial charge in [0.05, 0.1) is 18.4 Å². The number of nitrogens with zero attached hydrogens (tertiary/aromatic N) is 5. The van der Waals surface area contributed by atoms with Crippen LogP contribution in [0, 0.1) is 0 Å². The number of pyridine rings is 1. The number of halogens is 4. The molecule has 0 N–H and O–H groups in total. The van der Waals surface area contributed by atoms with Gasteiger partial charge < -0.3 is 23.7 Å². The molecule has 38 heavy (non-hydrogen) atoms. The lowest BCUT2D eigenvalue weighted by Crippen LogP contribution is -2.43. The second kappa shape index (κ2) is 10.9. The van der Waals surface area contributed by atoms with Crippen molar-refractivity contribution in [3.05, 3.63) is 35.4 Å². The SMILES string of the molecule is Cn1ccc2c(-c3cnc(OCCOC4CCN(C(=O)OC(C)(C)C)CC4)c(C(F)(F)F)c3)nc(Cl)nc21. The summed E-state index contributed by atoms with van der Waals surface area (Å²) in [5.41, 5.74) is -0.731. The lowest BCUT2D eigenvalue weighted by Gasteiger charge is -2.33. The lowest BCUT2D eigenvalue weighted by molar-refractivity contribution is -0.139. The van der Waals surface area contributed by atoms with Crippen molar-refractivity contribution < 1.29 is 32.2 Å². The van der Waals surface area contributed by atoms with Crippen molar-refractivity contribution in [2.45, 2.75) is 51.5 Å². The number of fused-ring (bicyclic) bond motifs is 1. The van der Waals surface area contributed by atoms with Crippen molar-refractivity contribution in [1.29, 1.82) is 0 Å². The van der Waals surface area contributed by atoms with Crippen LogP contribution < -0.4 is 4.74 Å². The van der Waals surface area contributed by atoms with E-state index in [-0.39, 0.29) is 42.0 Å². The molecule has 206 valence electrons. The molecule has 0 saturated carbocycles. The van der Waals surface area contributed by atoms with Gasteiger partial charge in [0.2, 0.25) is 11.2 Å². The molecule has 1 saturated heterocycles. The molecule has 0 bridgehead atoms. The Kier molecular flexibility index (Phi) is 8.03. The summed E-state index contributed by atoms with van der Waals surface area (Å²) in [6.45, 7) is 6.32. The molecule has 3 aromatic heterocycles. The van der Waals surface area contributed by atoms with Crippen molar-refractivity contribution in [2.24, 2.45) is 7.05 Å². The molecule has 1 aliphatic heterocycles. The van der Waals surface area contributed by atoms with Crippen molar-refractivity contribution >= 4 is 28.7 Å². The number of amides is 1. The fourth-order valence-corrected chi connectivity index (χ4v) is 4.28. The number of carbonyl (C=O) groups excluding carboxylic acids is 1. The Morgan fingerprint density at radius 1 is 1.16 bits per heavy atom. The van der Waals surface area contributed by atoms with Crippen molar-refractivity contribution in [2.75, 3.05) is 26.3 Å². The van der Waals surface area contributed by atoms with Gasteiger partial charge in [-0.3, -0.25) is 0 Å². The molecule has 4 rings (SSSR count). The molecule has 0 aromatic carbocycles. The molecular formula is C25H29ClF3N5O4. The predicted octanol–water partition coefficient (Wildman–Crippen LogP) is 5.50. The standard InChI is InChI=1S/C25H29ClF3N5O4/c1-24(2,3)38-23(35)34-9-5-16(6-10-34)36-11-12-37-21-18(25(27,28)29)13-15(14-30-21)19-17-7-8-33(4)20(17)32-22(26)31-19/h7-8,13-14,16H,5-6,9-12H2,1-4H3. The van der Waals surface area contributed by atoms with Crippen LogP contribution in [0.15, 0.2) is 24.5 Å². The summed E-state index contributed by atoms with van der Waals surface area (Å²) in [6.07, 6.45) is -1.04. The first-order valence-electron chi connectivity index (χ1n) is 12.1. The maximum absolute atomic E-state index is 13.9. The second-order valence-electron chi connectivity index (χ2n) is 9.97. The van der Waals surface area contributed by atoms with Crippen LogP contribution in [0.3, 0.4) is 0 Å². The lowest BCUT2D eigenvalue weighted by atomic mass is 10.1. The highest BCUT2D eigenvalue weighted by molar-refractivity contribution is 6.28. The molecule has 0 atom stereocenters. The van der Waals surface area contributed by atoms with Crippen LogP contribution in [0.4, 0.5) is 18.0 Å². The first kappa shape index (κ1) is 27.9. The number of hydrogen-bond donors (Lipinski definition) is 0. The molecule has 0 radical (unpaired) electrons. The zero-order chi connectivity index (χ0) is 27.7. The van der Waals surface area contributed by atoms with Crippen LogP contribution in [0.5, 0.6) is 5.88 Å². The number of ether oxygens (including phenoxy) is 3. The molecule has 1 fully saturated rings. The Hall–Kier alpha value is -3.12. The van der Waals surface area contributed by atoms with Crippen LogP contribution in [0.25, 0.3) is 22.3 Å². The van der Waals surface area contributed by atoms with E-state index in [4.69, 9.17) is 25.8 Å². The van der Waals surface area contributed by atoms with E-state index in [1.54, 1.807) is 49.5 Å². The minimum absolute atomic E-state index is 0.0734. The summed E-state index contributed by atoms with van der Waals surface area (Å²) in [5.74, 6) is -0.547. The van der Waals surface area contributed by atoms with E-state index in [0.717, 1.165) is 6.07 Å². The highest BCUT2D eigenvalue weighted by atomic mass is 35.5. The number of piperidine rings is 1. The molecule has 9 nitrogen and oxygen atoms in total. The van der Waals surface area contributed by atoms with E-state index in [2.05, 4.69) is 15.0 Å². The molecule has 0 unspecified atom stereocenters. The summed E-state index contributed by atoms with van der Waals surface area (Å²) in [5, 5.41) is 0.462. The molecule has 3 aromatic rings. The first-order chi connectivity index (χ1) is 17.8. The van der Waals surface area contributed by atoms with E-state index in [0.29, 0.717) is 37.0 Å². The molecule has 13 heteroatoms. The number of likely N-dealkylation sites (tertiary alicyclic amines) is 1. The van der Waals surface area contributed by atoms with E-state index < -0.39 is 23.2 Å². The van der Waals surface area contributed by atoms with Gasteiger partial charge in [-0.1, -0.05) is 0 Å². The third-order valence-electron chi connectivity index (χ3n) is 5.90. The smallest absolute Gasteiger partial charge is 0.421 e. The number of aromatic nitrogens is 4. The third kappa shape index (κ3) is 6.65. The molecule has 4 heterocycles. The topological polar surface area (TPSA) is 91.6 Å². The summed E-state index contributed by atoms with van der Waals surface area (Å²) in [6, 6.07) is 2.65. The van der Waals surface area contributed by atoms with Gasteiger partial charge in [-0.25, -0.2) is 14.8 Å². The highest BCUT2D eigenvalue weighted by Crippen LogP contribution is 2.38. The van der Waals surface area contributed by atoms with Gasteiger partial charge in [0.1, 0.15) is 23.4 Å². The summed E-state index contributed by atoms with van der Waals surface area (Å²) in [4.78, 5) is 26.0. The van der Waals surface area contributed by atoms with Gasteiger partial charge in [-0.05, 0) is 57.3 Å². The number of hydrogen-bond acceptors (Lipinski definition) is 7. The molecule has 0 aliphatic carbocycles. The first-order valence-corrected chi connectivity index (χ1v) is 12.5. The highest BCUT2D eigenvalue weighted by Gasteiger charge is 2.36. The van der Waals surface area contributed by atoms with Gasteiger partial charge in [0.25, 0.3) is 0 Å². The maximum Gasteiger partial charge on any atom is 0.421 e. The Balaban J connectivity index is 1.37. The average Bonchev–Trinajstić information content (AvgIpc) is 3.20. The molecular weight excluding hydrogens is 527 g/mol. The van der Waals surface area contributed by atoms with Gasteiger partial charge in [0.15, 0.2) is 0 Å². The van der Waals surface area contributed by atoms with Crippen LogP contribution in [0.1, 0.15) is 39.2 Å². The van der Waals surface area contributed by atoms with Crippen LogP contribution in [-0.4, -0.2) is 68.5 Å². The average molecular weight is 556 g/mol. The van der Waals surface area contributed by atoms with E-state index >= 15 is 0 Å². The number of rotatable bonds is 6. The Labute approximate surface area is 222 Å². The minimum atomic E-state index is -4.71. The van der Waals surface area contributed by atoms with Crippen molar-refractivity contribution in [3.8, 4) is 17.1 Å². The van der Waals surface area contributed by atoms with Crippen molar-refractivity contribution in [1.82, 2.24) is 24.4 Å². The summed E-state index contributed by atoms with van der Waals surface area (Å²) in [7, 11) is 1.75. The van der Waals surface area contributed by atoms with Crippen LogP contribution >= 0.6 is 11.6 Å². The van der Waals surface area contributed by atoms with Gasteiger partial charge in [-0.2, -0.15) is 18.2 Å². The van der Waals surface area contributed by atoms with E-state index in [9.17, 15) is 18.0 Å². The zero-order valence-electron chi connectivity index (χ0n) is 21.5. The monoisotopic (exact) mass is 555 g/mol. The Morgan fingerprint density at radius 3 is 2.53 bits per heavy atom. The quantitative estimate of drug-likeness (QED) is 0.293. The minimum Gasteiger partial charge on any atom is -0.475 e. The normalized spacial score (nSPS) is 15.2. The van der Waals surface area contributed by atoms with Crippen LogP contribution in [-0.2, 0) is 22.7 Å². The van der Waals surface area contributed by atoms with Crippen molar-refractivity contribution in [3.63, 3.8) is 0 Å². The number of alkyl halides is 3. The largest absolute Gasteiger partial charge is 0.475 e.